The van der Waals surface area contributed by atoms with E-state index in [0.717, 1.165) is 10.9 Å². The maximum absolute atomic E-state index is 6.01. The predicted molar refractivity (Wildman–Crippen MR) is 90.2 cm³/mol. The Labute approximate surface area is 133 Å². The first-order valence-corrected chi connectivity index (χ1v) is 7.83. The van der Waals surface area contributed by atoms with Crippen LogP contribution in [0.4, 0.5) is 0 Å². The molecule has 1 heterocycles. The van der Waals surface area contributed by atoms with Gasteiger partial charge in [0.15, 0.2) is 5.96 Å². The van der Waals surface area contributed by atoms with Gasteiger partial charge in [0.2, 0.25) is 0 Å². The van der Waals surface area contributed by atoms with Gasteiger partial charge in [0.25, 0.3) is 0 Å². The van der Waals surface area contributed by atoms with Gasteiger partial charge in [-0.25, -0.2) is 4.99 Å². The van der Waals surface area contributed by atoms with Crippen molar-refractivity contribution in [1.82, 2.24) is 5.32 Å². The van der Waals surface area contributed by atoms with Gasteiger partial charge in [-0.3, -0.25) is 0 Å². The lowest BCUT2D eigenvalue weighted by atomic mass is 9.92. The highest BCUT2D eigenvalue weighted by Gasteiger charge is 2.25. The fourth-order valence-electron chi connectivity index (χ4n) is 2.83. The highest BCUT2D eigenvalue weighted by molar-refractivity contribution is 9.10. The number of guanidine groups is 1. The summed E-state index contributed by atoms with van der Waals surface area (Å²) >= 11 is 3.52. The molecule has 0 radical (unpaired) electrons. The second kappa shape index (κ2) is 5.90. The van der Waals surface area contributed by atoms with Gasteiger partial charge < -0.3 is 11.1 Å². The van der Waals surface area contributed by atoms with E-state index in [4.69, 9.17) is 5.73 Å². The lowest BCUT2D eigenvalue weighted by Crippen LogP contribution is -2.39. The Morgan fingerprint density at radius 2 is 2.00 bits per heavy atom. The summed E-state index contributed by atoms with van der Waals surface area (Å²) in [6.07, 6.45) is 0.905. The number of aliphatic imine (C=N–C) groups is 1. The molecule has 0 saturated heterocycles. The van der Waals surface area contributed by atoms with Crippen molar-refractivity contribution in [3.05, 3.63) is 69.7 Å². The van der Waals surface area contributed by atoms with Crippen LogP contribution in [0.25, 0.3) is 0 Å². The molecule has 0 spiro atoms. The Morgan fingerprint density at radius 1 is 1.19 bits per heavy atom. The van der Waals surface area contributed by atoms with E-state index in [0.29, 0.717) is 5.96 Å². The minimum atomic E-state index is 0.0911. The van der Waals surface area contributed by atoms with Crippen LogP contribution in [0.5, 0.6) is 0 Å². The van der Waals surface area contributed by atoms with Gasteiger partial charge in [-0.15, -0.1) is 0 Å². The molecule has 2 atom stereocenters. The maximum Gasteiger partial charge on any atom is 0.189 e. The third-order valence-electron chi connectivity index (χ3n) is 3.87. The van der Waals surface area contributed by atoms with Crippen LogP contribution in [-0.2, 0) is 0 Å². The molecule has 3 nitrogen and oxygen atoms in total. The second-order valence-corrected chi connectivity index (χ2v) is 6.29. The van der Waals surface area contributed by atoms with Gasteiger partial charge in [-0.05, 0) is 42.2 Å². The monoisotopic (exact) mass is 343 g/mol. The molecule has 4 heteroatoms. The Bertz CT molecular complexity index is 681. The summed E-state index contributed by atoms with van der Waals surface area (Å²) in [7, 11) is 0. The average molecular weight is 344 g/mol. The first-order chi connectivity index (χ1) is 10.1. The third-order valence-corrected chi connectivity index (χ3v) is 4.37. The van der Waals surface area contributed by atoms with E-state index in [1.165, 1.54) is 16.7 Å². The smallest absolute Gasteiger partial charge is 0.189 e. The summed E-state index contributed by atoms with van der Waals surface area (Å²) in [5.74, 6) is 0.513. The number of rotatable bonds is 2. The molecule has 108 valence electrons. The maximum atomic E-state index is 6.01. The van der Waals surface area contributed by atoms with Crippen molar-refractivity contribution in [2.24, 2.45) is 10.7 Å². The molecule has 0 aromatic heterocycles. The van der Waals surface area contributed by atoms with E-state index in [-0.39, 0.29) is 12.1 Å². The highest BCUT2D eigenvalue weighted by Crippen LogP contribution is 2.34. The van der Waals surface area contributed by atoms with E-state index < -0.39 is 0 Å². The fraction of sp³-hybridized carbons (Fsp3) is 0.235. The van der Waals surface area contributed by atoms with Gasteiger partial charge in [0.05, 0.1) is 12.1 Å². The minimum Gasteiger partial charge on any atom is -0.370 e. The normalized spacial score (nSPS) is 21.5. The van der Waals surface area contributed by atoms with Gasteiger partial charge in [-0.1, -0.05) is 52.3 Å². The SMILES string of the molecule is Cc1ccccc1C1CC(c2cccc(Br)c2)N=C(N)N1. The molecule has 0 fully saturated rings. The lowest BCUT2D eigenvalue weighted by Gasteiger charge is -2.29. The van der Waals surface area contributed by atoms with Crippen LogP contribution in [-0.4, -0.2) is 5.96 Å². The van der Waals surface area contributed by atoms with Crippen molar-refractivity contribution in [2.75, 3.05) is 0 Å². The highest BCUT2D eigenvalue weighted by atomic mass is 79.9. The van der Waals surface area contributed by atoms with Crippen LogP contribution in [0.2, 0.25) is 0 Å². The lowest BCUT2D eigenvalue weighted by molar-refractivity contribution is 0.485. The Morgan fingerprint density at radius 3 is 2.76 bits per heavy atom. The zero-order valence-corrected chi connectivity index (χ0v) is 13.5. The van der Waals surface area contributed by atoms with Crippen molar-refractivity contribution >= 4 is 21.9 Å². The van der Waals surface area contributed by atoms with Crippen LogP contribution in [0.15, 0.2) is 58.0 Å². The number of aryl methyl sites for hydroxylation is 1. The number of hydrogen-bond acceptors (Lipinski definition) is 3. The van der Waals surface area contributed by atoms with Crippen molar-refractivity contribution < 1.29 is 0 Å². The second-order valence-electron chi connectivity index (χ2n) is 5.37. The molecular weight excluding hydrogens is 326 g/mol. The van der Waals surface area contributed by atoms with Crippen molar-refractivity contribution in [3.63, 3.8) is 0 Å². The summed E-state index contributed by atoms with van der Waals surface area (Å²) < 4.78 is 1.07. The molecule has 3 rings (SSSR count). The molecule has 0 aliphatic carbocycles. The molecule has 0 saturated carbocycles. The zero-order valence-electron chi connectivity index (χ0n) is 11.9. The van der Waals surface area contributed by atoms with Gasteiger partial charge >= 0.3 is 0 Å². The van der Waals surface area contributed by atoms with E-state index >= 15 is 0 Å². The molecule has 21 heavy (non-hydrogen) atoms. The number of hydrogen-bond donors (Lipinski definition) is 2. The number of benzene rings is 2. The molecule has 2 unspecified atom stereocenters. The molecule has 2 aromatic rings. The quantitative estimate of drug-likeness (QED) is 0.870. The van der Waals surface area contributed by atoms with E-state index in [2.05, 4.69) is 69.6 Å². The van der Waals surface area contributed by atoms with Crippen molar-refractivity contribution in [3.8, 4) is 0 Å². The first-order valence-electron chi connectivity index (χ1n) is 7.04. The summed E-state index contributed by atoms with van der Waals surface area (Å²) in [6, 6.07) is 17.0. The summed E-state index contributed by atoms with van der Waals surface area (Å²) in [5, 5.41) is 3.30. The largest absolute Gasteiger partial charge is 0.370 e. The van der Waals surface area contributed by atoms with Crippen LogP contribution < -0.4 is 11.1 Å². The van der Waals surface area contributed by atoms with Crippen LogP contribution in [0.3, 0.4) is 0 Å². The van der Waals surface area contributed by atoms with Crippen LogP contribution in [0.1, 0.15) is 35.2 Å². The average Bonchev–Trinajstić information content (AvgIpc) is 2.47. The Kier molecular flexibility index (Phi) is 3.97. The minimum absolute atomic E-state index is 0.0911. The van der Waals surface area contributed by atoms with E-state index in [1.807, 2.05) is 12.1 Å². The molecule has 0 bridgehead atoms. The molecule has 2 aromatic carbocycles. The van der Waals surface area contributed by atoms with Crippen molar-refractivity contribution in [1.29, 1.82) is 0 Å². The van der Waals surface area contributed by atoms with Gasteiger partial charge in [0.1, 0.15) is 0 Å². The molecule has 1 aliphatic rings. The van der Waals surface area contributed by atoms with Gasteiger partial charge in [0, 0.05) is 4.47 Å². The van der Waals surface area contributed by atoms with Crippen LogP contribution >= 0.6 is 15.9 Å². The summed E-state index contributed by atoms with van der Waals surface area (Å²) in [5.41, 5.74) is 9.76. The number of nitrogens with two attached hydrogens (primary N) is 1. The number of halogens is 1. The Balaban J connectivity index is 1.92. The summed E-state index contributed by atoms with van der Waals surface area (Å²) in [6.45, 7) is 2.13. The van der Waals surface area contributed by atoms with E-state index in [9.17, 15) is 0 Å². The van der Waals surface area contributed by atoms with Crippen molar-refractivity contribution in [2.45, 2.75) is 25.4 Å². The molecule has 0 amide bonds. The molecule has 3 N–H and O–H groups in total. The molecule has 1 aliphatic heterocycles. The third kappa shape index (κ3) is 3.10. The van der Waals surface area contributed by atoms with E-state index in [1.54, 1.807) is 0 Å². The van der Waals surface area contributed by atoms with Crippen LogP contribution in [0, 0.1) is 6.92 Å². The Hall–Kier alpha value is -1.81. The molecular formula is C17H18BrN3. The topological polar surface area (TPSA) is 50.4 Å². The fourth-order valence-corrected chi connectivity index (χ4v) is 3.24. The number of nitrogens with zero attached hydrogens (tertiary/aromatic N) is 1. The summed E-state index contributed by atoms with van der Waals surface area (Å²) in [4.78, 5) is 4.56. The zero-order chi connectivity index (χ0) is 14.8. The number of nitrogens with one attached hydrogen (secondary N) is 1. The van der Waals surface area contributed by atoms with Gasteiger partial charge in [-0.2, -0.15) is 0 Å². The first kappa shape index (κ1) is 14.1. The predicted octanol–water partition coefficient (Wildman–Crippen LogP) is 3.85. The standard InChI is InChI=1S/C17H18BrN3/c1-11-5-2-3-8-14(11)16-10-15(20-17(19)21-16)12-6-4-7-13(18)9-12/h2-9,15-16H,10H2,1H3,(H3,19,20,21).